The van der Waals surface area contributed by atoms with E-state index in [9.17, 15) is 9.59 Å². The zero-order chi connectivity index (χ0) is 18.9. The summed E-state index contributed by atoms with van der Waals surface area (Å²) in [5.74, 6) is 10.0. The maximum Gasteiger partial charge on any atom is 0.304 e. The lowest BCUT2D eigenvalue weighted by Crippen LogP contribution is -2.14. The Bertz CT molecular complexity index is 528. The molecule has 4 nitrogen and oxygen atoms in total. The van der Waals surface area contributed by atoms with Crippen LogP contribution in [0.2, 0.25) is 0 Å². The van der Waals surface area contributed by atoms with Crippen LogP contribution in [0, 0.1) is 23.7 Å². The number of unbranched alkanes of at least 4 members (excludes halogenated alkanes) is 6. The van der Waals surface area contributed by atoms with E-state index in [1.54, 1.807) is 0 Å². The van der Waals surface area contributed by atoms with Gasteiger partial charge in [-0.25, -0.2) is 0 Å². The van der Waals surface area contributed by atoms with Crippen LogP contribution in [0.3, 0.4) is 0 Å². The molecule has 0 fully saturated rings. The number of hydrogen-bond acceptors (Lipinski definition) is 4. The topological polar surface area (TPSA) is 52.6 Å². The third kappa shape index (κ3) is 15.1. The van der Waals surface area contributed by atoms with E-state index in [1.807, 2.05) is 0 Å². The molecule has 0 bridgehead atoms. The van der Waals surface area contributed by atoms with Crippen LogP contribution < -0.4 is 0 Å². The molecule has 0 aromatic rings. The maximum absolute atomic E-state index is 11.2. The van der Waals surface area contributed by atoms with E-state index in [4.69, 9.17) is 9.47 Å². The molecular formula is C21H30O4. The van der Waals surface area contributed by atoms with Crippen LogP contribution >= 0.6 is 0 Å². The Morgan fingerprint density at radius 1 is 0.920 bits per heavy atom. The minimum atomic E-state index is -0.679. The van der Waals surface area contributed by atoms with Gasteiger partial charge in [-0.3, -0.25) is 9.59 Å². The predicted octanol–water partition coefficient (Wildman–Crippen LogP) is 4.18. The van der Waals surface area contributed by atoms with Crippen molar-refractivity contribution in [3.8, 4) is 23.7 Å². The van der Waals surface area contributed by atoms with Crippen LogP contribution in [0.15, 0.2) is 12.7 Å². The van der Waals surface area contributed by atoms with Crippen LogP contribution in [0.4, 0.5) is 0 Å². The molecule has 4 heteroatoms. The molecule has 0 aliphatic heterocycles. The number of carbonyl (C=O) groups excluding carboxylic acids is 2. The van der Waals surface area contributed by atoms with E-state index >= 15 is 0 Å². The minimum absolute atomic E-state index is 0.348. The summed E-state index contributed by atoms with van der Waals surface area (Å²) in [5, 5.41) is 0. The molecular weight excluding hydrogens is 316 g/mol. The highest BCUT2D eigenvalue weighted by Crippen LogP contribution is 2.11. The lowest BCUT2D eigenvalue weighted by Gasteiger charge is -2.10. The van der Waals surface area contributed by atoms with E-state index in [-0.39, 0.29) is 5.97 Å². The monoisotopic (exact) mass is 346 g/mol. The molecule has 0 rings (SSSR count). The van der Waals surface area contributed by atoms with Gasteiger partial charge in [-0.2, -0.15) is 0 Å². The highest BCUT2D eigenvalue weighted by atomic mass is 16.5. The molecule has 0 saturated carbocycles. The molecule has 0 saturated heterocycles. The van der Waals surface area contributed by atoms with Crippen molar-refractivity contribution in [1.82, 2.24) is 0 Å². The fourth-order valence-corrected chi connectivity index (χ4v) is 2.19. The molecule has 25 heavy (non-hydrogen) atoms. The molecule has 0 amide bonds. The fraction of sp³-hybridized carbons (Fsp3) is 0.619. The third-order valence-corrected chi connectivity index (χ3v) is 3.40. The molecule has 0 aromatic carbocycles. The smallest absolute Gasteiger partial charge is 0.304 e. The van der Waals surface area contributed by atoms with E-state index in [0.717, 1.165) is 12.8 Å². The summed E-state index contributed by atoms with van der Waals surface area (Å²) >= 11 is 0. The summed E-state index contributed by atoms with van der Waals surface area (Å²) in [6, 6.07) is 0. The number of esters is 2. The Morgan fingerprint density at radius 2 is 1.48 bits per heavy atom. The van der Waals surface area contributed by atoms with Gasteiger partial charge in [0.2, 0.25) is 0 Å². The van der Waals surface area contributed by atoms with Gasteiger partial charge < -0.3 is 9.47 Å². The second-order valence-corrected chi connectivity index (χ2v) is 5.81. The number of ether oxygens (including phenoxy) is 2. The van der Waals surface area contributed by atoms with Crippen molar-refractivity contribution in [2.75, 3.05) is 0 Å². The average Bonchev–Trinajstić information content (AvgIpc) is 2.55. The molecule has 2 atom stereocenters. The summed E-state index contributed by atoms with van der Waals surface area (Å²) in [4.78, 5) is 22.0. The molecule has 0 aliphatic carbocycles. The van der Waals surface area contributed by atoms with Crippen LogP contribution in [-0.2, 0) is 19.1 Å². The molecule has 0 aliphatic rings. The van der Waals surface area contributed by atoms with Gasteiger partial charge in [-0.1, -0.05) is 52.0 Å². The van der Waals surface area contributed by atoms with Crippen LogP contribution in [0.1, 0.15) is 72.1 Å². The second kappa shape index (κ2) is 15.3. The van der Waals surface area contributed by atoms with Gasteiger partial charge in [-0.05, 0) is 42.6 Å². The first kappa shape index (κ1) is 22.8. The third-order valence-electron chi connectivity index (χ3n) is 3.40. The van der Waals surface area contributed by atoms with Gasteiger partial charge in [0.25, 0.3) is 0 Å². The standard InChI is InChI=1S/C21H30O4/c1-5-7-8-9-10-11-12-16-21(25-19(4)23)17-14-13-15-20(6-2)24-18(3)22/h6,20-21H,2,5,7-12,16H2,1,3-4H3/t20-,21-/m0/s1. The van der Waals surface area contributed by atoms with Gasteiger partial charge in [0.15, 0.2) is 12.2 Å². The highest BCUT2D eigenvalue weighted by molar-refractivity contribution is 5.67. The fourth-order valence-electron chi connectivity index (χ4n) is 2.19. The molecule has 0 aromatic heterocycles. The SMILES string of the molecule is C=C[C@@H](C#CC#C[C@H](CCCCCCCCC)OC(C)=O)OC(C)=O. The normalized spacial score (nSPS) is 11.8. The van der Waals surface area contributed by atoms with Crippen molar-refractivity contribution in [1.29, 1.82) is 0 Å². The number of rotatable bonds is 11. The van der Waals surface area contributed by atoms with E-state index in [1.165, 1.54) is 52.0 Å². The van der Waals surface area contributed by atoms with E-state index in [0.29, 0.717) is 6.42 Å². The van der Waals surface area contributed by atoms with Crippen molar-refractivity contribution in [3.05, 3.63) is 12.7 Å². The van der Waals surface area contributed by atoms with Crippen molar-refractivity contribution >= 4 is 11.9 Å². The molecule has 0 unspecified atom stereocenters. The molecule has 0 N–H and O–H groups in total. The molecule has 0 heterocycles. The lowest BCUT2D eigenvalue weighted by atomic mass is 10.1. The maximum atomic E-state index is 11.2. The summed E-state index contributed by atoms with van der Waals surface area (Å²) < 4.78 is 10.1. The van der Waals surface area contributed by atoms with Gasteiger partial charge in [0.05, 0.1) is 0 Å². The van der Waals surface area contributed by atoms with Gasteiger partial charge in [-0.15, -0.1) is 0 Å². The predicted molar refractivity (Wildman–Crippen MR) is 99.5 cm³/mol. The van der Waals surface area contributed by atoms with Crippen molar-refractivity contribution in [2.45, 2.75) is 84.3 Å². The lowest BCUT2D eigenvalue weighted by molar-refractivity contribution is -0.144. The number of hydrogen-bond donors (Lipinski definition) is 0. The average molecular weight is 346 g/mol. The largest absolute Gasteiger partial charge is 0.449 e. The molecule has 138 valence electrons. The van der Waals surface area contributed by atoms with Gasteiger partial charge >= 0.3 is 11.9 Å². The zero-order valence-corrected chi connectivity index (χ0v) is 15.7. The first-order valence-corrected chi connectivity index (χ1v) is 8.97. The number of carbonyl (C=O) groups is 2. The highest BCUT2D eigenvalue weighted by Gasteiger charge is 2.08. The summed E-state index contributed by atoms with van der Waals surface area (Å²) in [6.45, 7) is 8.43. The summed E-state index contributed by atoms with van der Waals surface area (Å²) in [7, 11) is 0. The summed E-state index contributed by atoms with van der Waals surface area (Å²) in [6.07, 6.45) is 9.36. The van der Waals surface area contributed by atoms with E-state index < -0.39 is 18.2 Å². The summed E-state index contributed by atoms with van der Waals surface area (Å²) in [5.41, 5.74) is 0. The van der Waals surface area contributed by atoms with Crippen LogP contribution in [0.25, 0.3) is 0 Å². The zero-order valence-electron chi connectivity index (χ0n) is 15.7. The second-order valence-electron chi connectivity index (χ2n) is 5.81. The first-order chi connectivity index (χ1) is 12.0. The molecule has 0 spiro atoms. The Labute approximate surface area is 152 Å². The van der Waals surface area contributed by atoms with E-state index in [2.05, 4.69) is 37.2 Å². The van der Waals surface area contributed by atoms with Crippen LogP contribution in [0.5, 0.6) is 0 Å². The van der Waals surface area contributed by atoms with Crippen molar-refractivity contribution in [2.24, 2.45) is 0 Å². The van der Waals surface area contributed by atoms with Gasteiger partial charge in [0.1, 0.15) is 0 Å². The van der Waals surface area contributed by atoms with Crippen molar-refractivity contribution < 1.29 is 19.1 Å². The Kier molecular flexibility index (Phi) is 14.0. The molecule has 0 radical (unpaired) electrons. The Balaban J connectivity index is 4.38. The Morgan fingerprint density at radius 3 is 2.04 bits per heavy atom. The minimum Gasteiger partial charge on any atom is -0.449 e. The quantitative estimate of drug-likeness (QED) is 0.244. The van der Waals surface area contributed by atoms with Crippen molar-refractivity contribution in [3.63, 3.8) is 0 Å². The van der Waals surface area contributed by atoms with Crippen LogP contribution in [-0.4, -0.2) is 24.1 Å². The Hall–Kier alpha value is -2.20. The first-order valence-electron chi connectivity index (χ1n) is 8.97. The van der Waals surface area contributed by atoms with Gasteiger partial charge in [0, 0.05) is 13.8 Å².